The average Bonchev–Trinajstić information content (AvgIpc) is 2.58. The van der Waals surface area contributed by atoms with Crippen molar-refractivity contribution in [1.29, 1.82) is 0 Å². The number of nitrogens with zero attached hydrogens (tertiary/aromatic N) is 2. The summed E-state index contributed by atoms with van der Waals surface area (Å²) >= 11 is 0. The first-order valence-corrected chi connectivity index (χ1v) is 5.21. The van der Waals surface area contributed by atoms with Crippen molar-refractivity contribution in [2.75, 3.05) is 17.7 Å². The molecule has 4 nitrogen and oxygen atoms in total. The molecule has 0 spiro atoms. The van der Waals surface area contributed by atoms with Gasteiger partial charge in [-0.3, -0.25) is 0 Å². The van der Waals surface area contributed by atoms with Crippen LogP contribution in [0.2, 0.25) is 0 Å². The molecule has 0 saturated heterocycles. The van der Waals surface area contributed by atoms with Crippen LogP contribution in [0.3, 0.4) is 0 Å². The quantitative estimate of drug-likeness (QED) is 0.810. The number of aromatic amines is 1. The zero-order chi connectivity index (χ0) is 11.7. The van der Waals surface area contributed by atoms with Gasteiger partial charge < -0.3 is 15.6 Å². The van der Waals surface area contributed by atoms with Gasteiger partial charge in [0.1, 0.15) is 11.6 Å². The third-order valence-corrected chi connectivity index (χ3v) is 2.62. The summed E-state index contributed by atoms with van der Waals surface area (Å²) in [6.45, 7) is 3.97. The Bertz CT molecular complexity index is 501. The van der Waals surface area contributed by atoms with Crippen molar-refractivity contribution in [2.45, 2.75) is 13.8 Å². The minimum absolute atomic E-state index is 0.600. The number of anilines is 3. The van der Waals surface area contributed by atoms with Gasteiger partial charge in [0.25, 0.3) is 0 Å². The number of nitrogens with one attached hydrogen (secondary N) is 1. The van der Waals surface area contributed by atoms with Gasteiger partial charge in [-0.05, 0) is 25.5 Å². The fraction of sp³-hybridized carbons (Fsp3) is 0.250. The van der Waals surface area contributed by atoms with Crippen LogP contribution in [-0.2, 0) is 0 Å². The smallest absolute Gasteiger partial charge is 0.175 e. The molecule has 3 N–H and O–H groups in total. The average molecular weight is 216 g/mol. The number of aryl methyl sites for hydroxylation is 2. The SMILES string of the molecule is Cc1nc(N(C)c2ccccc2C)c(N)[nH]1. The third kappa shape index (κ3) is 1.74. The summed E-state index contributed by atoms with van der Waals surface area (Å²) in [5.74, 6) is 2.20. The molecule has 0 saturated carbocycles. The first kappa shape index (κ1) is 10.5. The summed E-state index contributed by atoms with van der Waals surface area (Å²) in [5, 5.41) is 0. The van der Waals surface area contributed by atoms with Crippen LogP contribution in [0.1, 0.15) is 11.4 Å². The van der Waals surface area contributed by atoms with Crippen molar-refractivity contribution in [3.63, 3.8) is 0 Å². The predicted molar refractivity (Wildman–Crippen MR) is 67.0 cm³/mol. The lowest BCUT2D eigenvalue weighted by molar-refractivity contribution is 1.10. The molecule has 84 valence electrons. The Morgan fingerprint density at radius 3 is 2.50 bits per heavy atom. The fourth-order valence-electron chi connectivity index (χ4n) is 1.81. The molecule has 0 aliphatic rings. The molecule has 1 aromatic heterocycles. The molecule has 0 aliphatic carbocycles. The molecule has 1 heterocycles. The van der Waals surface area contributed by atoms with E-state index in [1.54, 1.807) is 0 Å². The number of H-pyrrole nitrogens is 1. The van der Waals surface area contributed by atoms with Crippen LogP contribution in [-0.4, -0.2) is 17.0 Å². The van der Waals surface area contributed by atoms with Gasteiger partial charge in [-0.15, -0.1) is 0 Å². The van der Waals surface area contributed by atoms with Crippen LogP contribution in [0.5, 0.6) is 0 Å². The number of nitrogens with two attached hydrogens (primary N) is 1. The summed E-state index contributed by atoms with van der Waals surface area (Å²) in [7, 11) is 1.97. The van der Waals surface area contributed by atoms with Crippen molar-refractivity contribution in [1.82, 2.24) is 9.97 Å². The highest BCUT2D eigenvalue weighted by atomic mass is 15.2. The first-order chi connectivity index (χ1) is 7.59. The van der Waals surface area contributed by atoms with E-state index >= 15 is 0 Å². The van der Waals surface area contributed by atoms with E-state index in [4.69, 9.17) is 5.73 Å². The van der Waals surface area contributed by atoms with Crippen molar-refractivity contribution in [2.24, 2.45) is 0 Å². The second-order valence-corrected chi connectivity index (χ2v) is 3.90. The van der Waals surface area contributed by atoms with Gasteiger partial charge in [-0.1, -0.05) is 18.2 Å². The Labute approximate surface area is 95.1 Å². The fourth-order valence-corrected chi connectivity index (χ4v) is 1.81. The Morgan fingerprint density at radius 2 is 1.94 bits per heavy atom. The largest absolute Gasteiger partial charge is 0.382 e. The summed E-state index contributed by atoms with van der Waals surface area (Å²) in [6.07, 6.45) is 0. The first-order valence-electron chi connectivity index (χ1n) is 5.21. The molecule has 0 amide bonds. The maximum absolute atomic E-state index is 5.87. The maximum atomic E-state index is 5.87. The molecule has 16 heavy (non-hydrogen) atoms. The van der Waals surface area contributed by atoms with Crippen LogP contribution >= 0.6 is 0 Å². The normalized spacial score (nSPS) is 10.4. The van der Waals surface area contributed by atoms with Gasteiger partial charge in [0.2, 0.25) is 0 Å². The summed E-state index contributed by atoms with van der Waals surface area (Å²) < 4.78 is 0. The number of aromatic nitrogens is 2. The zero-order valence-electron chi connectivity index (χ0n) is 9.78. The van der Waals surface area contributed by atoms with E-state index < -0.39 is 0 Å². The summed E-state index contributed by atoms with van der Waals surface area (Å²) in [6, 6.07) is 8.15. The molecule has 0 radical (unpaired) electrons. The summed E-state index contributed by atoms with van der Waals surface area (Å²) in [5.41, 5.74) is 8.18. The van der Waals surface area contributed by atoms with Crippen LogP contribution in [0.15, 0.2) is 24.3 Å². The van der Waals surface area contributed by atoms with Crippen molar-refractivity contribution < 1.29 is 0 Å². The Kier molecular flexibility index (Phi) is 2.56. The zero-order valence-corrected chi connectivity index (χ0v) is 9.78. The van der Waals surface area contributed by atoms with E-state index in [1.807, 2.05) is 31.0 Å². The topological polar surface area (TPSA) is 57.9 Å². The number of hydrogen-bond acceptors (Lipinski definition) is 3. The van der Waals surface area contributed by atoms with Gasteiger partial charge in [0.05, 0.1) is 0 Å². The number of rotatable bonds is 2. The van der Waals surface area contributed by atoms with Gasteiger partial charge >= 0.3 is 0 Å². The molecule has 0 bridgehead atoms. The number of nitrogen functional groups attached to an aromatic ring is 1. The van der Waals surface area contributed by atoms with Gasteiger partial charge in [0, 0.05) is 12.7 Å². The highest BCUT2D eigenvalue weighted by Crippen LogP contribution is 2.28. The highest BCUT2D eigenvalue weighted by Gasteiger charge is 2.12. The predicted octanol–water partition coefficient (Wildman–Crippen LogP) is 2.38. The number of benzene rings is 1. The van der Waals surface area contributed by atoms with Crippen molar-refractivity contribution in [3.05, 3.63) is 35.7 Å². The van der Waals surface area contributed by atoms with Gasteiger partial charge in [-0.2, -0.15) is 0 Å². The molecule has 0 fully saturated rings. The molecular weight excluding hydrogens is 200 g/mol. The van der Waals surface area contributed by atoms with E-state index in [0.29, 0.717) is 5.82 Å². The number of para-hydroxylation sites is 1. The Morgan fingerprint density at radius 1 is 1.25 bits per heavy atom. The maximum Gasteiger partial charge on any atom is 0.175 e. The number of hydrogen-bond donors (Lipinski definition) is 2. The monoisotopic (exact) mass is 216 g/mol. The van der Waals surface area contributed by atoms with E-state index in [2.05, 4.69) is 29.0 Å². The minimum Gasteiger partial charge on any atom is -0.382 e. The van der Waals surface area contributed by atoms with Crippen LogP contribution < -0.4 is 10.6 Å². The van der Waals surface area contributed by atoms with Crippen molar-refractivity contribution >= 4 is 17.3 Å². The van der Waals surface area contributed by atoms with Gasteiger partial charge in [-0.25, -0.2) is 4.98 Å². The lowest BCUT2D eigenvalue weighted by Gasteiger charge is -2.19. The standard InChI is InChI=1S/C12H16N4/c1-8-6-4-5-7-10(8)16(3)12-11(13)14-9(2)15-12/h4-7H,13H2,1-3H3,(H,14,15). The molecule has 0 aliphatic heterocycles. The molecule has 0 atom stereocenters. The Balaban J connectivity index is 2.43. The molecule has 0 unspecified atom stereocenters. The van der Waals surface area contributed by atoms with E-state index in [1.165, 1.54) is 5.56 Å². The third-order valence-electron chi connectivity index (χ3n) is 2.62. The lowest BCUT2D eigenvalue weighted by Crippen LogP contribution is -2.12. The van der Waals surface area contributed by atoms with Crippen molar-refractivity contribution in [3.8, 4) is 0 Å². The Hall–Kier alpha value is -1.97. The number of imidazole rings is 1. The van der Waals surface area contributed by atoms with E-state index in [0.717, 1.165) is 17.3 Å². The molecule has 2 aromatic rings. The molecular formula is C12H16N4. The second kappa shape index (κ2) is 3.89. The van der Waals surface area contributed by atoms with Gasteiger partial charge in [0.15, 0.2) is 5.82 Å². The molecule has 4 heteroatoms. The van der Waals surface area contributed by atoms with Crippen LogP contribution in [0.25, 0.3) is 0 Å². The highest BCUT2D eigenvalue weighted by molar-refractivity contribution is 5.70. The van der Waals surface area contributed by atoms with Crippen LogP contribution in [0.4, 0.5) is 17.3 Å². The lowest BCUT2D eigenvalue weighted by atomic mass is 10.2. The minimum atomic E-state index is 0.600. The van der Waals surface area contributed by atoms with E-state index in [9.17, 15) is 0 Å². The van der Waals surface area contributed by atoms with E-state index in [-0.39, 0.29) is 0 Å². The molecule has 2 rings (SSSR count). The second-order valence-electron chi connectivity index (χ2n) is 3.90. The summed E-state index contributed by atoms with van der Waals surface area (Å²) in [4.78, 5) is 9.37. The molecule has 1 aromatic carbocycles. The van der Waals surface area contributed by atoms with Crippen LogP contribution in [0, 0.1) is 13.8 Å².